The molecule has 4 rings (SSSR count). The second-order valence-electron chi connectivity index (χ2n) is 7.26. The maximum absolute atomic E-state index is 13.1. The first-order valence-electron chi connectivity index (χ1n) is 9.87. The van der Waals surface area contributed by atoms with Crippen molar-refractivity contribution in [2.75, 3.05) is 6.61 Å². The lowest BCUT2D eigenvalue weighted by Gasteiger charge is -2.26. The van der Waals surface area contributed by atoms with Crippen molar-refractivity contribution in [3.63, 3.8) is 0 Å². The molecular weight excluding hydrogens is 408 g/mol. The highest BCUT2D eigenvalue weighted by atomic mass is 16.5. The summed E-state index contributed by atoms with van der Waals surface area (Å²) in [6.45, 7) is 0.153. The van der Waals surface area contributed by atoms with Crippen molar-refractivity contribution in [3.05, 3.63) is 106 Å². The van der Waals surface area contributed by atoms with E-state index in [0.29, 0.717) is 16.7 Å². The predicted molar refractivity (Wildman–Crippen MR) is 114 cm³/mol. The monoisotopic (exact) mass is 426 g/mol. The van der Waals surface area contributed by atoms with Crippen molar-refractivity contribution in [2.24, 2.45) is 0 Å². The maximum atomic E-state index is 13.1. The Morgan fingerprint density at radius 2 is 1.66 bits per heavy atom. The Kier molecular flexibility index (Phi) is 5.79. The first-order chi connectivity index (χ1) is 15.5. The Morgan fingerprint density at radius 3 is 2.38 bits per heavy atom. The van der Waals surface area contributed by atoms with Crippen molar-refractivity contribution >= 4 is 17.8 Å². The zero-order valence-electron chi connectivity index (χ0n) is 16.9. The highest BCUT2D eigenvalue weighted by Gasteiger charge is 2.41. The number of aromatic carboxylic acids is 1. The molecule has 1 aliphatic rings. The Bertz CT molecular complexity index is 1250. The van der Waals surface area contributed by atoms with Gasteiger partial charge in [-0.1, -0.05) is 48.5 Å². The Labute approximate surface area is 184 Å². The number of ether oxygens (including phenoxy) is 1. The van der Waals surface area contributed by atoms with E-state index in [1.165, 1.54) is 18.2 Å². The van der Waals surface area contributed by atoms with Gasteiger partial charge in [-0.3, -0.25) is 14.5 Å². The highest BCUT2D eigenvalue weighted by molar-refractivity contribution is 6.22. The highest BCUT2D eigenvalue weighted by Crippen LogP contribution is 2.32. The van der Waals surface area contributed by atoms with Crippen molar-refractivity contribution in [1.82, 2.24) is 4.90 Å². The number of benzene rings is 3. The number of nitriles is 1. The molecule has 1 atom stereocenters. The van der Waals surface area contributed by atoms with Crippen LogP contribution < -0.4 is 0 Å². The van der Waals surface area contributed by atoms with Crippen LogP contribution in [0.2, 0.25) is 0 Å². The van der Waals surface area contributed by atoms with Crippen molar-refractivity contribution < 1.29 is 24.2 Å². The van der Waals surface area contributed by atoms with Crippen LogP contribution in [0.4, 0.5) is 0 Å². The van der Waals surface area contributed by atoms with Crippen LogP contribution in [0.5, 0.6) is 0 Å². The minimum atomic E-state index is -1.18. The van der Waals surface area contributed by atoms with Crippen LogP contribution in [-0.4, -0.2) is 34.4 Å². The summed E-state index contributed by atoms with van der Waals surface area (Å²) in [5.74, 6) is -2.25. The topological polar surface area (TPSA) is 108 Å². The van der Waals surface area contributed by atoms with E-state index in [-0.39, 0.29) is 29.9 Å². The van der Waals surface area contributed by atoms with Crippen molar-refractivity contribution in [3.8, 4) is 6.07 Å². The van der Waals surface area contributed by atoms with Crippen LogP contribution in [-0.2, 0) is 11.3 Å². The number of carboxylic acid groups (broad SMARTS) is 1. The summed E-state index contributed by atoms with van der Waals surface area (Å²) in [4.78, 5) is 38.7. The third-order valence-corrected chi connectivity index (χ3v) is 5.33. The number of hydrogen-bond acceptors (Lipinski definition) is 5. The molecule has 0 spiro atoms. The van der Waals surface area contributed by atoms with Gasteiger partial charge in [-0.25, -0.2) is 4.79 Å². The average Bonchev–Trinajstić information content (AvgIpc) is 3.07. The second-order valence-corrected chi connectivity index (χ2v) is 7.26. The number of rotatable bonds is 7. The van der Waals surface area contributed by atoms with Crippen LogP contribution in [0, 0.1) is 11.3 Å². The van der Waals surface area contributed by atoms with E-state index >= 15 is 0 Å². The van der Waals surface area contributed by atoms with Crippen LogP contribution in [0.3, 0.4) is 0 Å². The van der Waals surface area contributed by atoms with Crippen LogP contribution >= 0.6 is 0 Å². The first-order valence-corrected chi connectivity index (χ1v) is 9.87. The van der Waals surface area contributed by atoms with E-state index in [9.17, 15) is 24.8 Å². The lowest BCUT2D eigenvalue weighted by Crippen LogP contribution is -2.36. The molecule has 0 bridgehead atoms. The Morgan fingerprint density at radius 1 is 0.969 bits per heavy atom. The van der Waals surface area contributed by atoms with Gasteiger partial charge in [0.1, 0.15) is 0 Å². The predicted octanol–water partition coefficient (Wildman–Crippen LogP) is 3.81. The number of carbonyl (C=O) groups excluding carboxylic acids is 2. The molecule has 0 fully saturated rings. The number of fused-ring (bicyclic) bond motifs is 1. The van der Waals surface area contributed by atoms with Gasteiger partial charge in [0.15, 0.2) is 0 Å². The number of amides is 2. The molecule has 7 heteroatoms. The molecule has 3 aromatic rings. The van der Waals surface area contributed by atoms with Gasteiger partial charge >= 0.3 is 5.97 Å². The number of hydrogen-bond donors (Lipinski definition) is 1. The minimum absolute atomic E-state index is 0.0149. The van der Waals surface area contributed by atoms with E-state index in [1.54, 1.807) is 48.5 Å². The third kappa shape index (κ3) is 3.87. The Hall–Kier alpha value is -4.28. The van der Waals surface area contributed by atoms with Crippen LogP contribution in [0.25, 0.3) is 0 Å². The third-order valence-electron chi connectivity index (χ3n) is 5.33. The van der Waals surface area contributed by atoms with Gasteiger partial charge in [0.2, 0.25) is 0 Å². The van der Waals surface area contributed by atoms with E-state index in [2.05, 4.69) is 6.07 Å². The van der Waals surface area contributed by atoms with Gasteiger partial charge in [-0.05, 0) is 35.4 Å². The maximum Gasteiger partial charge on any atom is 0.335 e. The fourth-order valence-electron chi connectivity index (χ4n) is 3.71. The van der Waals surface area contributed by atoms with Crippen LogP contribution in [0.15, 0.2) is 72.8 Å². The normalized spacial score (nSPS) is 13.5. The number of carboxylic acids is 1. The molecule has 1 N–H and O–H groups in total. The minimum Gasteiger partial charge on any atom is -0.478 e. The van der Waals surface area contributed by atoms with E-state index in [0.717, 1.165) is 4.90 Å². The molecule has 1 aliphatic heterocycles. The number of nitrogens with zero attached hydrogens (tertiary/aromatic N) is 2. The van der Waals surface area contributed by atoms with Gasteiger partial charge < -0.3 is 9.84 Å². The molecule has 32 heavy (non-hydrogen) atoms. The SMILES string of the molecule is N#Cc1ccccc1COC[C@H](c1ccccc1)N1C(=O)c2ccc(C(=O)O)cc2C1=O. The Balaban J connectivity index is 1.63. The zero-order chi connectivity index (χ0) is 22.7. The molecule has 0 unspecified atom stereocenters. The van der Waals surface area contributed by atoms with Gasteiger partial charge in [-0.15, -0.1) is 0 Å². The molecule has 1 heterocycles. The summed E-state index contributed by atoms with van der Waals surface area (Å²) < 4.78 is 5.86. The fraction of sp³-hybridized carbons (Fsp3) is 0.120. The molecule has 0 saturated carbocycles. The molecule has 2 amide bonds. The summed E-state index contributed by atoms with van der Waals surface area (Å²) in [5.41, 5.74) is 2.06. The largest absolute Gasteiger partial charge is 0.478 e. The molecule has 7 nitrogen and oxygen atoms in total. The van der Waals surface area contributed by atoms with E-state index in [4.69, 9.17) is 4.74 Å². The summed E-state index contributed by atoms with van der Waals surface area (Å²) >= 11 is 0. The van der Waals surface area contributed by atoms with Crippen molar-refractivity contribution in [2.45, 2.75) is 12.6 Å². The lowest BCUT2D eigenvalue weighted by atomic mass is 10.1. The van der Waals surface area contributed by atoms with Crippen LogP contribution in [0.1, 0.15) is 53.8 Å². The van der Waals surface area contributed by atoms with Crippen molar-refractivity contribution in [1.29, 1.82) is 5.26 Å². The van der Waals surface area contributed by atoms with Gasteiger partial charge in [0.05, 0.1) is 47.6 Å². The van der Waals surface area contributed by atoms with Gasteiger partial charge in [-0.2, -0.15) is 5.26 Å². The number of imide groups is 1. The molecule has 0 aliphatic carbocycles. The standard InChI is InChI=1S/C25H18N2O5/c26-13-18-8-4-5-9-19(18)14-32-15-22(16-6-2-1-3-7-16)27-23(28)20-11-10-17(25(30)31)12-21(20)24(27)29/h1-12,22H,14-15H2,(H,30,31)/t22-/m1/s1. The molecule has 158 valence electrons. The first kappa shape index (κ1) is 21.0. The fourth-order valence-corrected chi connectivity index (χ4v) is 3.71. The quantitative estimate of drug-likeness (QED) is 0.576. The lowest BCUT2D eigenvalue weighted by molar-refractivity contribution is 0.0359. The van der Waals surface area contributed by atoms with E-state index in [1.807, 2.05) is 6.07 Å². The summed E-state index contributed by atoms with van der Waals surface area (Å²) in [6, 6.07) is 21.4. The summed E-state index contributed by atoms with van der Waals surface area (Å²) in [5, 5.41) is 18.5. The zero-order valence-corrected chi connectivity index (χ0v) is 16.9. The molecule has 0 aromatic heterocycles. The summed E-state index contributed by atoms with van der Waals surface area (Å²) in [7, 11) is 0. The molecule has 0 saturated heterocycles. The van der Waals surface area contributed by atoms with Gasteiger partial charge in [0.25, 0.3) is 11.8 Å². The number of carbonyl (C=O) groups is 3. The van der Waals surface area contributed by atoms with Gasteiger partial charge in [0, 0.05) is 0 Å². The second kappa shape index (κ2) is 8.84. The molecular formula is C25H18N2O5. The smallest absolute Gasteiger partial charge is 0.335 e. The molecule has 0 radical (unpaired) electrons. The molecule has 3 aromatic carbocycles. The van der Waals surface area contributed by atoms with E-state index < -0.39 is 23.8 Å². The summed E-state index contributed by atoms with van der Waals surface area (Å²) in [6.07, 6.45) is 0. The average molecular weight is 426 g/mol.